The molecule has 1 atom stereocenters. The molecule has 9 nitrogen and oxygen atoms in total. The molecule has 0 saturated carbocycles. The van der Waals surface area contributed by atoms with E-state index in [2.05, 4.69) is 15.5 Å². The number of nitro groups is 1. The standard InChI is InChI=1S/C14H20N6O3/c1-5-18-7-11(10(4)16-18)9(3)15-14(21)13-12(20(22)23)8-19(6-2)17-13/h7-9H,5-6H2,1-4H3,(H,15,21). The first-order chi connectivity index (χ1) is 10.9. The molecule has 2 heterocycles. The van der Waals surface area contributed by atoms with Crippen LogP contribution in [-0.4, -0.2) is 30.4 Å². The van der Waals surface area contributed by atoms with E-state index in [1.807, 2.05) is 27.0 Å². The summed E-state index contributed by atoms with van der Waals surface area (Å²) in [5, 5.41) is 22.1. The summed E-state index contributed by atoms with van der Waals surface area (Å²) in [7, 11) is 0. The van der Waals surface area contributed by atoms with Crippen LogP contribution in [0.2, 0.25) is 0 Å². The van der Waals surface area contributed by atoms with Gasteiger partial charge in [0.05, 0.1) is 16.7 Å². The lowest BCUT2D eigenvalue weighted by Gasteiger charge is -2.11. The second kappa shape index (κ2) is 6.59. The smallest absolute Gasteiger partial charge is 0.320 e. The van der Waals surface area contributed by atoms with E-state index in [9.17, 15) is 14.9 Å². The van der Waals surface area contributed by atoms with Crippen LogP contribution in [0.3, 0.4) is 0 Å². The van der Waals surface area contributed by atoms with E-state index in [0.717, 1.165) is 17.8 Å². The zero-order valence-corrected chi connectivity index (χ0v) is 13.6. The van der Waals surface area contributed by atoms with E-state index >= 15 is 0 Å². The average molecular weight is 320 g/mol. The van der Waals surface area contributed by atoms with E-state index in [1.54, 1.807) is 11.6 Å². The van der Waals surface area contributed by atoms with E-state index in [-0.39, 0.29) is 17.4 Å². The lowest BCUT2D eigenvalue weighted by Crippen LogP contribution is -2.28. The molecule has 124 valence electrons. The van der Waals surface area contributed by atoms with Gasteiger partial charge < -0.3 is 5.32 Å². The monoisotopic (exact) mass is 320 g/mol. The second-order valence-corrected chi connectivity index (χ2v) is 5.20. The first kappa shape index (κ1) is 16.7. The molecule has 2 aromatic rings. The molecule has 0 aliphatic rings. The first-order valence-corrected chi connectivity index (χ1v) is 7.44. The Morgan fingerprint density at radius 2 is 1.91 bits per heavy atom. The van der Waals surface area contributed by atoms with Gasteiger partial charge in [-0.25, -0.2) is 0 Å². The molecule has 0 aliphatic heterocycles. The predicted molar refractivity (Wildman–Crippen MR) is 83.1 cm³/mol. The number of rotatable bonds is 6. The van der Waals surface area contributed by atoms with E-state index < -0.39 is 10.8 Å². The predicted octanol–water partition coefficient (Wildman–Crippen LogP) is 1.83. The van der Waals surface area contributed by atoms with Crippen LogP contribution >= 0.6 is 0 Å². The molecule has 0 aliphatic carbocycles. The Morgan fingerprint density at radius 3 is 2.43 bits per heavy atom. The maximum absolute atomic E-state index is 12.4. The van der Waals surface area contributed by atoms with Crippen LogP contribution in [0, 0.1) is 17.0 Å². The third-order valence-corrected chi connectivity index (χ3v) is 3.60. The molecule has 0 saturated heterocycles. The number of hydrogen-bond donors (Lipinski definition) is 1. The summed E-state index contributed by atoms with van der Waals surface area (Å²) in [5.41, 5.74) is 1.22. The highest BCUT2D eigenvalue weighted by atomic mass is 16.6. The number of nitrogens with zero attached hydrogens (tertiary/aromatic N) is 5. The van der Waals surface area contributed by atoms with Crippen molar-refractivity contribution in [1.29, 1.82) is 0 Å². The topological polar surface area (TPSA) is 108 Å². The SMILES string of the molecule is CCn1cc(C(C)NC(=O)c2nn(CC)cc2[N+](=O)[O-])c(C)n1. The van der Waals surface area contributed by atoms with Crippen LogP contribution in [0.1, 0.15) is 48.6 Å². The van der Waals surface area contributed by atoms with Gasteiger partial charge >= 0.3 is 5.69 Å². The highest BCUT2D eigenvalue weighted by Crippen LogP contribution is 2.20. The van der Waals surface area contributed by atoms with Crippen molar-refractivity contribution in [2.75, 3.05) is 0 Å². The van der Waals surface area contributed by atoms with Crippen LogP contribution in [0.25, 0.3) is 0 Å². The van der Waals surface area contributed by atoms with Crippen molar-refractivity contribution < 1.29 is 9.72 Å². The molecule has 2 rings (SSSR count). The summed E-state index contributed by atoms with van der Waals surface area (Å²) in [5.74, 6) is -0.569. The number of carbonyl (C=O) groups excluding carboxylic acids is 1. The lowest BCUT2D eigenvalue weighted by molar-refractivity contribution is -0.385. The molecule has 1 unspecified atom stereocenters. The molecule has 2 aromatic heterocycles. The molecule has 0 fully saturated rings. The molecule has 1 amide bonds. The van der Waals surface area contributed by atoms with Gasteiger partial charge in [0.2, 0.25) is 5.69 Å². The molecule has 0 radical (unpaired) electrons. The molecule has 1 N–H and O–H groups in total. The largest absolute Gasteiger partial charge is 0.344 e. The Hall–Kier alpha value is -2.71. The van der Waals surface area contributed by atoms with Gasteiger partial charge in [0.15, 0.2) is 0 Å². The summed E-state index contributed by atoms with van der Waals surface area (Å²) < 4.78 is 3.15. The van der Waals surface area contributed by atoms with Gasteiger partial charge in [-0.2, -0.15) is 10.2 Å². The Morgan fingerprint density at radius 1 is 1.30 bits per heavy atom. The molecule has 0 bridgehead atoms. The minimum absolute atomic E-state index is 0.177. The van der Waals surface area contributed by atoms with Gasteiger partial charge in [-0.05, 0) is 27.7 Å². The summed E-state index contributed by atoms with van der Waals surface area (Å²) >= 11 is 0. The van der Waals surface area contributed by atoms with Gasteiger partial charge in [-0.15, -0.1) is 0 Å². The van der Waals surface area contributed by atoms with Crippen molar-refractivity contribution in [1.82, 2.24) is 24.9 Å². The number of aromatic nitrogens is 4. The number of nitrogens with one attached hydrogen (secondary N) is 1. The number of amides is 1. The number of carbonyl (C=O) groups is 1. The second-order valence-electron chi connectivity index (χ2n) is 5.20. The normalized spacial score (nSPS) is 12.2. The Labute approximate surface area is 133 Å². The Bertz CT molecular complexity index is 733. The van der Waals surface area contributed by atoms with Crippen molar-refractivity contribution in [2.45, 2.75) is 46.8 Å². The fraction of sp³-hybridized carbons (Fsp3) is 0.500. The third-order valence-electron chi connectivity index (χ3n) is 3.60. The van der Waals surface area contributed by atoms with Gasteiger partial charge in [0, 0.05) is 24.8 Å². The summed E-state index contributed by atoms with van der Waals surface area (Å²) in [4.78, 5) is 22.8. The van der Waals surface area contributed by atoms with Gasteiger partial charge in [0.1, 0.15) is 6.20 Å². The quantitative estimate of drug-likeness (QED) is 0.645. The highest BCUT2D eigenvalue weighted by molar-refractivity contribution is 5.96. The molecular formula is C14H20N6O3. The minimum atomic E-state index is -0.598. The third kappa shape index (κ3) is 3.38. The average Bonchev–Trinajstić information content (AvgIpc) is 3.10. The van der Waals surface area contributed by atoms with E-state index in [1.165, 1.54) is 10.9 Å². The maximum Gasteiger partial charge on any atom is 0.320 e. The fourth-order valence-corrected chi connectivity index (χ4v) is 2.33. The zero-order chi connectivity index (χ0) is 17.1. The van der Waals surface area contributed by atoms with Crippen molar-refractivity contribution >= 4 is 11.6 Å². The van der Waals surface area contributed by atoms with E-state index in [4.69, 9.17) is 0 Å². The molecular weight excluding hydrogens is 300 g/mol. The molecule has 0 spiro atoms. The van der Waals surface area contributed by atoms with Crippen molar-refractivity contribution in [2.24, 2.45) is 0 Å². The minimum Gasteiger partial charge on any atom is -0.344 e. The maximum atomic E-state index is 12.4. The highest BCUT2D eigenvalue weighted by Gasteiger charge is 2.27. The summed E-state index contributed by atoms with van der Waals surface area (Å²) in [6.07, 6.45) is 3.12. The molecule has 0 aromatic carbocycles. The molecule has 9 heteroatoms. The van der Waals surface area contributed by atoms with Crippen LogP contribution in [-0.2, 0) is 13.1 Å². The lowest BCUT2D eigenvalue weighted by atomic mass is 10.1. The first-order valence-electron chi connectivity index (χ1n) is 7.44. The summed E-state index contributed by atoms with van der Waals surface area (Å²) in [6.45, 7) is 8.62. The zero-order valence-electron chi connectivity index (χ0n) is 13.6. The van der Waals surface area contributed by atoms with Crippen LogP contribution in [0.5, 0.6) is 0 Å². The van der Waals surface area contributed by atoms with Crippen LogP contribution in [0.4, 0.5) is 5.69 Å². The Balaban J connectivity index is 2.22. The van der Waals surface area contributed by atoms with E-state index in [0.29, 0.717) is 6.54 Å². The Kier molecular flexibility index (Phi) is 4.77. The number of aryl methyl sites for hydroxylation is 3. The molecule has 23 heavy (non-hydrogen) atoms. The van der Waals surface area contributed by atoms with Crippen molar-refractivity contribution in [3.63, 3.8) is 0 Å². The van der Waals surface area contributed by atoms with Gasteiger partial charge in [-0.1, -0.05) is 0 Å². The van der Waals surface area contributed by atoms with Gasteiger partial charge in [0.25, 0.3) is 5.91 Å². The van der Waals surface area contributed by atoms with Gasteiger partial charge in [-0.3, -0.25) is 24.3 Å². The fourth-order valence-electron chi connectivity index (χ4n) is 2.33. The number of hydrogen-bond acceptors (Lipinski definition) is 5. The van der Waals surface area contributed by atoms with Crippen molar-refractivity contribution in [3.05, 3.63) is 39.5 Å². The van der Waals surface area contributed by atoms with Crippen LogP contribution < -0.4 is 5.32 Å². The summed E-state index contributed by atoms with van der Waals surface area (Å²) in [6, 6.07) is -0.325. The van der Waals surface area contributed by atoms with Crippen molar-refractivity contribution in [3.8, 4) is 0 Å². The van der Waals surface area contributed by atoms with Crippen LogP contribution in [0.15, 0.2) is 12.4 Å².